The summed E-state index contributed by atoms with van der Waals surface area (Å²) in [5, 5.41) is 2.62. The van der Waals surface area contributed by atoms with Crippen molar-refractivity contribution in [1.29, 1.82) is 0 Å². The molecule has 0 unspecified atom stereocenters. The molecule has 2 aromatic rings. The van der Waals surface area contributed by atoms with Gasteiger partial charge in [0.05, 0.1) is 12.7 Å². The van der Waals surface area contributed by atoms with Gasteiger partial charge in [0.15, 0.2) is 0 Å². The highest BCUT2D eigenvalue weighted by Crippen LogP contribution is 2.20. The molecule has 2 rings (SSSR count). The largest absolute Gasteiger partial charge is 0.496 e. The normalized spacial score (nSPS) is 9.89. The van der Waals surface area contributed by atoms with Crippen molar-refractivity contribution in [3.05, 3.63) is 47.8 Å². The molecule has 0 radical (unpaired) electrons. The standard InChI is InChI=1S/C13H13N3O2/c1-9-4-5-11(18-2)10(8-9)12(17)16-13-14-6-3-7-15-13/h3-8H,1-2H3,(H,14,15,16,17). The van der Waals surface area contributed by atoms with Gasteiger partial charge < -0.3 is 4.74 Å². The van der Waals surface area contributed by atoms with Crippen LogP contribution in [-0.4, -0.2) is 23.0 Å². The fourth-order valence-corrected chi connectivity index (χ4v) is 1.53. The second-order valence-corrected chi connectivity index (χ2v) is 3.73. The van der Waals surface area contributed by atoms with Crippen LogP contribution < -0.4 is 10.1 Å². The van der Waals surface area contributed by atoms with Crippen LogP contribution >= 0.6 is 0 Å². The number of rotatable bonds is 3. The first-order valence-corrected chi connectivity index (χ1v) is 5.43. The van der Waals surface area contributed by atoms with E-state index < -0.39 is 0 Å². The summed E-state index contributed by atoms with van der Waals surface area (Å²) in [6, 6.07) is 7.09. The van der Waals surface area contributed by atoms with Crippen molar-refractivity contribution in [3.8, 4) is 5.75 Å². The SMILES string of the molecule is COc1ccc(C)cc1C(=O)Nc1ncccn1. The van der Waals surface area contributed by atoms with Crippen molar-refractivity contribution in [2.75, 3.05) is 12.4 Å². The molecule has 0 aliphatic rings. The Morgan fingerprint density at radius 1 is 1.28 bits per heavy atom. The van der Waals surface area contributed by atoms with E-state index in [2.05, 4.69) is 15.3 Å². The number of aryl methyl sites for hydroxylation is 1. The molecule has 5 heteroatoms. The van der Waals surface area contributed by atoms with Gasteiger partial charge in [-0.2, -0.15) is 0 Å². The number of nitrogens with zero attached hydrogens (tertiary/aromatic N) is 2. The average molecular weight is 243 g/mol. The second-order valence-electron chi connectivity index (χ2n) is 3.73. The summed E-state index contributed by atoms with van der Waals surface area (Å²) in [4.78, 5) is 20.0. The highest BCUT2D eigenvalue weighted by atomic mass is 16.5. The van der Waals surface area contributed by atoms with Gasteiger partial charge in [-0.3, -0.25) is 10.1 Å². The van der Waals surface area contributed by atoms with Crippen LogP contribution in [0.5, 0.6) is 5.75 Å². The van der Waals surface area contributed by atoms with Gasteiger partial charge in [0.2, 0.25) is 5.95 Å². The Morgan fingerprint density at radius 2 is 2.00 bits per heavy atom. The first-order valence-electron chi connectivity index (χ1n) is 5.43. The zero-order valence-corrected chi connectivity index (χ0v) is 10.2. The number of benzene rings is 1. The first kappa shape index (κ1) is 12.0. The number of amides is 1. The van der Waals surface area contributed by atoms with Crippen molar-refractivity contribution >= 4 is 11.9 Å². The van der Waals surface area contributed by atoms with Crippen molar-refractivity contribution in [1.82, 2.24) is 9.97 Å². The van der Waals surface area contributed by atoms with Crippen LogP contribution in [0.4, 0.5) is 5.95 Å². The van der Waals surface area contributed by atoms with Crippen molar-refractivity contribution in [3.63, 3.8) is 0 Å². The molecule has 1 aromatic carbocycles. The molecule has 0 fully saturated rings. The molecule has 0 saturated heterocycles. The predicted molar refractivity (Wildman–Crippen MR) is 67.7 cm³/mol. The third-order valence-electron chi connectivity index (χ3n) is 2.39. The van der Waals surface area contributed by atoms with Crippen molar-refractivity contribution in [2.45, 2.75) is 6.92 Å². The summed E-state index contributed by atoms with van der Waals surface area (Å²) < 4.78 is 5.16. The van der Waals surface area contributed by atoms with Gasteiger partial charge in [0, 0.05) is 12.4 Å². The van der Waals surface area contributed by atoms with Crippen LogP contribution in [0.3, 0.4) is 0 Å². The highest BCUT2D eigenvalue weighted by Gasteiger charge is 2.13. The lowest BCUT2D eigenvalue weighted by molar-refractivity contribution is 0.102. The third kappa shape index (κ3) is 2.63. The van der Waals surface area contributed by atoms with E-state index in [9.17, 15) is 4.79 Å². The minimum atomic E-state index is -0.290. The number of carbonyl (C=O) groups is 1. The van der Waals surface area contributed by atoms with Crippen LogP contribution in [0.25, 0.3) is 0 Å². The quantitative estimate of drug-likeness (QED) is 0.896. The minimum absolute atomic E-state index is 0.269. The minimum Gasteiger partial charge on any atom is -0.496 e. The molecule has 1 amide bonds. The number of carbonyl (C=O) groups excluding carboxylic acids is 1. The van der Waals surface area contributed by atoms with E-state index in [1.54, 1.807) is 30.6 Å². The maximum atomic E-state index is 12.1. The Morgan fingerprint density at radius 3 is 2.67 bits per heavy atom. The third-order valence-corrected chi connectivity index (χ3v) is 2.39. The summed E-state index contributed by atoms with van der Waals surface area (Å²) in [6.45, 7) is 1.91. The monoisotopic (exact) mass is 243 g/mol. The van der Waals surface area contributed by atoms with Crippen molar-refractivity contribution in [2.24, 2.45) is 0 Å². The van der Waals surface area contributed by atoms with Gasteiger partial charge in [-0.15, -0.1) is 0 Å². The van der Waals surface area contributed by atoms with E-state index in [4.69, 9.17) is 4.74 Å². The van der Waals surface area contributed by atoms with Gasteiger partial charge in [-0.1, -0.05) is 11.6 Å². The van der Waals surface area contributed by atoms with E-state index in [-0.39, 0.29) is 11.9 Å². The van der Waals surface area contributed by atoms with E-state index in [0.717, 1.165) is 5.56 Å². The topological polar surface area (TPSA) is 64.1 Å². The number of hydrogen-bond acceptors (Lipinski definition) is 4. The van der Waals surface area contributed by atoms with Gasteiger partial charge in [-0.25, -0.2) is 9.97 Å². The molecule has 0 bridgehead atoms. The lowest BCUT2D eigenvalue weighted by Crippen LogP contribution is -2.15. The molecule has 0 saturated carbocycles. The second kappa shape index (κ2) is 5.27. The number of methoxy groups -OCH3 is 1. The molecule has 5 nitrogen and oxygen atoms in total. The molecule has 0 atom stereocenters. The summed E-state index contributed by atoms with van der Waals surface area (Å²) in [5.74, 6) is 0.502. The molecule has 92 valence electrons. The Kier molecular flexibility index (Phi) is 3.52. The molecule has 0 aliphatic carbocycles. The van der Waals surface area contributed by atoms with E-state index in [1.807, 2.05) is 13.0 Å². The van der Waals surface area contributed by atoms with Crippen LogP contribution in [-0.2, 0) is 0 Å². The molecule has 0 spiro atoms. The number of hydrogen-bond donors (Lipinski definition) is 1. The van der Waals surface area contributed by atoms with Crippen LogP contribution in [0.15, 0.2) is 36.7 Å². The van der Waals surface area contributed by atoms with Gasteiger partial charge in [-0.05, 0) is 25.1 Å². The molecule has 18 heavy (non-hydrogen) atoms. The Bertz CT molecular complexity index is 555. The molecular formula is C13H13N3O2. The first-order chi connectivity index (χ1) is 8.70. The molecule has 1 N–H and O–H groups in total. The molecular weight excluding hydrogens is 230 g/mol. The Balaban J connectivity index is 2.26. The van der Waals surface area contributed by atoms with E-state index in [1.165, 1.54) is 7.11 Å². The lowest BCUT2D eigenvalue weighted by Gasteiger charge is -2.09. The fraction of sp³-hybridized carbons (Fsp3) is 0.154. The van der Waals surface area contributed by atoms with Crippen LogP contribution in [0.2, 0.25) is 0 Å². The molecule has 1 heterocycles. The van der Waals surface area contributed by atoms with E-state index >= 15 is 0 Å². The number of ether oxygens (including phenoxy) is 1. The van der Waals surface area contributed by atoms with Gasteiger partial charge in [0.25, 0.3) is 5.91 Å². The Hall–Kier alpha value is -2.43. The Labute approximate surface area is 105 Å². The lowest BCUT2D eigenvalue weighted by atomic mass is 10.1. The van der Waals surface area contributed by atoms with Crippen molar-refractivity contribution < 1.29 is 9.53 Å². The van der Waals surface area contributed by atoms with Gasteiger partial charge in [0.1, 0.15) is 5.75 Å². The fourth-order valence-electron chi connectivity index (χ4n) is 1.53. The van der Waals surface area contributed by atoms with Gasteiger partial charge >= 0.3 is 0 Å². The average Bonchev–Trinajstić information content (AvgIpc) is 2.40. The highest BCUT2D eigenvalue weighted by molar-refractivity contribution is 6.05. The summed E-state index contributed by atoms with van der Waals surface area (Å²) in [5.41, 5.74) is 1.44. The van der Waals surface area contributed by atoms with E-state index in [0.29, 0.717) is 11.3 Å². The number of anilines is 1. The maximum Gasteiger partial charge on any atom is 0.261 e. The zero-order chi connectivity index (χ0) is 13.0. The predicted octanol–water partition coefficient (Wildman–Crippen LogP) is 2.05. The van der Waals surface area contributed by atoms with Crippen LogP contribution in [0, 0.1) is 6.92 Å². The number of aromatic nitrogens is 2. The summed E-state index contributed by atoms with van der Waals surface area (Å²) in [7, 11) is 1.53. The summed E-state index contributed by atoms with van der Waals surface area (Å²) in [6.07, 6.45) is 3.13. The number of nitrogens with one attached hydrogen (secondary N) is 1. The molecule has 0 aliphatic heterocycles. The van der Waals surface area contributed by atoms with Crippen LogP contribution in [0.1, 0.15) is 15.9 Å². The zero-order valence-electron chi connectivity index (χ0n) is 10.2. The smallest absolute Gasteiger partial charge is 0.261 e. The maximum absolute atomic E-state index is 12.1. The molecule has 1 aromatic heterocycles. The summed E-state index contributed by atoms with van der Waals surface area (Å²) >= 11 is 0.